The van der Waals surface area contributed by atoms with Gasteiger partial charge in [-0.1, -0.05) is 57.5 Å². The van der Waals surface area contributed by atoms with Crippen LogP contribution in [0.15, 0.2) is 65.7 Å². The van der Waals surface area contributed by atoms with Gasteiger partial charge in [0, 0.05) is 29.6 Å². The Bertz CT molecular complexity index is 1220. The lowest BCUT2D eigenvalue weighted by Gasteiger charge is -2.21. The van der Waals surface area contributed by atoms with Gasteiger partial charge in [0.2, 0.25) is 0 Å². The van der Waals surface area contributed by atoms with E-state index in [-0.39, 0.29) is 11.7 Å². The predicted octanol–water partition coefficient (Wildman–Crippen LogP) is 7.15. The van der Waals surface area contributed by atoms with Gasteiger partial charge in [0.05, 0.1) is 11.4 Å². The van der Waals surface area contributed by atoms with Crippen LogP contribution in [0.4, 0.5) is 10.1 Å². The number of hydrogen-bond donors (Lipinski definition) is 0. The molecule has 3 aromatic rings. The van der Waals surface area contributed by atoms with E-state index in [1.807, 2.05) is 12.1 Å². The number of rotatable bonds is 5. The zero-order valence-corrected chi connectivity index (χ0v) is 21.0. The molecule has 3 aromatic carbocycles. The van der Waals surface area contributed by atoms with E-state index in [0.29, 0.717) is 29.0 Å². The topological polar surface area (TPSA) is 32.7 Å². The van der Waals surface area contributed by atoms with Crippen LogP contribution in [-0.2, 0) is 11.2 Å². The summed E-state index contributed by atoms with van der Waals surface area (Å²) in [5.74, 6) is 0.367. The van der Waals surface area contributed by atoms with Crippen molar-refractivity contribution in [3.8, 4) is 0 Å². The van der Waals surface area contributed by atoms with E-state index in [1.54, 1.807) is 30.1 Å². The fourth-order valence-electron chi connectivity index (χ4n) is 4.34. The largest absolute Gasteiger partial charge is 0.313 e. The summed E-state index contributed by atoms with van der Waals surface area (Å²) >= 11 is 6.33. The molecule has 0 spiro atoms. The fraction of sp³-hybridized carbons (Fsp3) is 0.310. The van der Waals surface area contributed by atoms with Crippen LogP contribution in [0.3, 0.4) is 0 Å². The average molecular weight is 477 g/mol. The van der Waals surface area contributed by atoms with Crippen molar-refractivity contribution >= 4 is 28.9 Å². The van der Waals surface area contributed by atoms with Crippen LogP contribution in [0.5, 0.6) is 0 Å². The second-order valence-corrected chi connectivity index (χ2v) is 10.0. The lowest BCUT2D eigenvalue weighted by atomic mass is 9.91. The normalized spacial score (nSPS) is 16.0. The molecule has 5 heteroatoms. The third-order valence-electron chi connectivity index (χ3n) is 6.39. The number of nitrogens with zero attached hydrogens (tertiary/aromatic N) is 2. The van der Waals surface area contributed by atoms with E-state index in [4.69, 9.17) is 16.6 Å². The number of carbonyl (C=O) groups is 1. The molecule has 0 aliphatic carbocycles. The van der Waals surface area contributed by atoms with Gasteiger partial charge in [-0.25, -0.2) is 4.39 Å². The van der Waals surface area contributed by atoms with Gasteiger partial charge in [-0.2, -0.15) is 0 Å². The molecule has 0 fully saturated rings. The molecule has 1 atom stereocenters. The van der Waals surface area contributed by atoms with E-state index in [9.17, 15) is 9.18 Å². The molecule has 0 bridgehead atoms. The highest BCUT2D eigenvalue weighted by atomic mass is 35.5. The van der Waals surface area contributed by atoms with Crippen LogP contribution in [0.1, 0.15) is 67.3 Å². The van der Waals surface area contributed by atoms with E-state index < -0.39 is 6.04 Å². The number of hydrogen-bond acceptors (Lipinski definition) is 2. The summed E-state index contributed by atoms with van der Waals surface area (Å²) in [6.07, 6.45) is 0.482. The minimum absolute atomic E-state index is 0.0817. The monoisotopic (exact) mass is 476 g/mol. The standard InChI is InChI=1S/C29H30ClFN2O/c1-17(2)21-12-19(13-22(15-21)18(3)4)14-26-29(34)33(5)27-11-8-23(30)16-25(27)28(32-26)20-6-9-24(31)10-7-20/h6-13,15-18,26H,14H2,1-5H3. The first-order valence-electron chi connectivity index (χ1n) is 11.7. The van der Waals surface area contributed by atoms with Crippen LogP contribution in [0.25, 0.3) is 0 Å². The quantitative estimate of drug-likeness (QED) is 0.384. The zero-order valence-electron chi connectivity index (χ0n) is 20.3. The lowest BCUT2D eigenvalue weighted by molar-refractivity contribution is -0.119. The van der Waals surface area contributed by atoms with Crippen molar-refractivity contribution in [3.05, 3.63) is 99.3 Å². The number of likely N-dealkylation sites (N-methyl/N-ethyl adjacent to an activating group) is 1. The van der Waals surface area contributed by atoms with Crippen LogP contribution >= 0.6 is 11.6 Å². The van der Waals surface area contributed by atoms with Gasteiger partial charge >= 0.3 is 0 Å². The Morgan fingerprint density at radius 2 is 1.56 bits per heavy atom. The summed E-state index contributed by atoms with van der Waals surface area (Å²) in [6, 6.07) is 17.7. The van der Waals surface area contributed by atoms with Gasteiger partial charge in [-0.15, -0.1) is 0 Å². The summed E-state index contributed by atoms with van der Waals surface area (Å²) in [5.41, 5.74) is 6.49. The fourth-order valence-corrected chi connectivity index (χ4v) is 4.51. The molecule has 34 heavy (non-hydrogen) atoms. The molecule has 176 valence electrons. The molecule has 3 nitrogen and oxygen atoms in total. The molecule has 0 saturated heterocycles. The third kappa shape index (κ3) is 4.92. The number of halogens is 2. The van der Waals surface area contributed by atoms with Crippen molar-refractivity contribution in [2.75, 3.05) is 11.9 Å². The van der Waals surface area contributed by atoms with Crippen LogP contribution in [0.2, 0.25) is 5.02 Å². The number of anilines is 1. The molecule has 1 unspecified atom stereocenters. The van der Waals surface area contributed by atoms with Crippen molar-refractivity contribution in [2.45, 2.75) is 52.0 Å². The van der Waals surface area contributed by atoms with Crippen molar-refractivity contribution in [3.63, 3.8) is 0 Å². The van der Waals surface area contributed by atoms with Crippen LogP contribution in [0, 0.1) is 5.82 Å². The summed E-state index contributed by atoms with van der Waals surface area (Å²) < 4.78 is 13.7. The van der Waals surface area contributed by atoms with Crippen molar-refractivity contribution in [1.82, 2.24) is 0 Å². The Labute approximate surface area is 206 Å². The Morgan fingerprint density at radius 3 is 2.15 bits per heavy atom. The second-order valence-electron chi connectivity index (χ2n) is 9.58. The maximum atomic E-state index is 13.7. The molecule has 1 heterocycles. The maximum absolute atomic E-state index is 13.7. The van der Waals surface area contributed by atoms with E-state index in [2.05, 4.69) is 45.9 Å². The summed E-state index contributed by atoms with van der Waals surface area (Å²) in [5, 5.41) is 0.555. The Morgan fingerprint density at radius 1 is 0.941 bits per heavy atom. The molecule has 1 amide bonds. The predicted molar refractivity (Wildman–Crippen MR) is 139 cm³/mol. The number of aliphatic imine (C=N–C) groups is 1. The third-order valence-corrected chi connectivity index (χ3v) is 6.63. The van der Waals surface area contributed by atoms with Crippen LogP contribution in [-0.4, -0.2) is 24.7 Å². The molecule has 0 aromatic heterocycles. The first kappa shape index (κ1) is 24.2. The van der Waals surface area contributed by atoms with Crippen LogP contribution < -0.4 is 4.90 Å². The summed E-state index contributed by atoms with van der Waals surface area (Å²) in [7, 11) is 1.77. The first-order valence-corrected chi connectivity index (χ1v) is 12.1. The second kappa shape index (κ2) is 9.71. The SMILES string of the molecule is CC(C)c1cc(CC2N=C(c3ccc(F)cc3)c3cc(Cl)ccc3N(C)C2=O)cc(C(C)C)c1. The van der Waals surface area contributed by atoms with E-state index >= 15 is 0 Å². The highest BCUT2D eigenvalue weighted by molar-refractivity contribution is 6.32. The van der Waals surface area contributed by atoms with Gasteiger partial charge < -0.3 is 4.90 Å². The van der Waals surface area contributed by atoms with Gasteiger partial charge in [0.15, 0.2) is 0 Å². The number of fused-ring (bicyclic) bond motifs is 1. The molecule has 1 aliphatic rings. The molecular weight excluding hydrogens is 447 g/mol. The molecule has 4 rings (SSSR count). The van der Waals surface area contributed by atoms with Gasteiger partial charge in [-0.3, -0.25) is 9.79 Å². The molecule has 0 N–H and O–H groups in total. The number of benzodiazepines with no additional fused rings is 1. The van der Waals surface area contributed by atoms with Gasteiger partial charge in [-0.05, 0) is 71.0 Å². The molecule has 0 saturated carbocycles. The first-order chi connectivity index (χ1) is 16.1. The minimum atomic E-state index is -0.612. The van der Waals surface area contributed by atoms with Crippen molar-refractivity contribution < 1.29 is 9.18 Å². The van der Waals surface area contributed by atoms with E-state index in [0.717, 1.165) is 22.4 Å². The number of benzene rings is 3. The Kier molecular flexibility index (Phi) is 6.90. The highest BCUT2D eigenvalue weighted by Gasteiger charge is 2.30. The Hall–Kier alpha value is -2.98. The number of carbonyl (C=O) groups excluding carboxylic acids is 1. The summed E-state index contributed by atoms with van der Waals surface area (Å²) in [6.45, 7) is 8.72. The minimum Gasteiger partial charge on any atom is -0.313 e. The van der Waals surface area contributed by atoms with Crippen molar-refractivity contribution in [2.24, 2.45) is 4.99 Å². The highest BCUT2D eigenvalue weighted by Crippen LogP contribution is 2.32. The molecular formula is C29H30ClFN2O. The Balaban J connectivity index is 1.85. The number of amides is 1. The van der Waals surface area contributed by atoms with E-state index in [1.165, 1.54) is 23.3 Å². The van der Waals surface area contributed by atoms with Crippen molar-refractivity contribution in [1.29, 1.82) is 0 Å². The molecule has 0 radical (unpaired) electrons. The van der Waals surface area contributed by atoms with Gasteiger partial charge in [0.25, 0.3) is 5.91 Å². The zero-order chi connectivity index (χ0) is 24.6. The lowest BCUT2D eigenvalue weighted by Crippen LogP contribution is -2.36. The average Bonchev–Trinajstić information content (AvgIpc) is 2.90. The van der Waals surface area contributed by atoms with Gasteiger partial charge in [0.1, 0.15) is 11.9 Å². The molecule has 1 aliphatic heterocycles. The maximum Gasteiger partial charge on any atom is 0.251 e. The smallest absolute Gasteiger partial charge is 0.251 e. The summed E-state index contributed by atoms with van der Waals surface area (Å²) in [4.78, 5) is 20.2.